The lowest BCUT2D eigenvalue weighted by molar-refractivity contribution is -0.149. The van der Waals surface area contributed by atoms with Crippen molar-refractivity contribution in [2.45, 2.75) is 63.9 Å². The third-order valence-corrected chi connectivity index (χ3v) is 6.99. The molecule has 13 heteroatoms. The lowest BCUT2D eigenvalue weighted by Gasteiger charge is -2.33. The molecule has 1 aromatic carbocycles. The Kier molecular flexibility index (Phi) is 8.58. The normalized spacial score (nSPS) is 28.5. The number of aliphatic hydroxyl groups excluding tert-OH is 1. The van der Waals surface area contributed by atoms with Crippen LogP contribution in [0.2, 0.25) is 0 Å². The van der Waals surface area contributed by atoms with E-state index >= 15 is 4.39 Å². The number of nitrogens with one attached hydrogen (secondary N) is 2. The summed E-state index contributed by atoms with van der Waals surface area (Å²) in [7, 11) is -4.27. The van der Waals surface area contributed by atoms with Crippen LogP contribution in [0.3, 0.4) is 0 Å². The van der Waals surface area contributed by atoms with Crippen LogP contribution in [0.4, 0.5) is 9.18 Å². The van der Waals surface area contributed by atoms with Crippen molar-refractivity contribution in [2.75, 3.05) is 6.61 Å². The third kappa shape index (κ3) is 6.51. The van der Waals surface area contributed by atoms with E-state index in [1.54, 1.807) is 32.0 Å². The first-order chi connectivity index (χ1) is 16.8. The molecule has 198 valence electrons. The highest BCUT2D eigenvalue weighted by atomic mass is 31.2. The van der Waals surface area contributed by atoms with Gasteiger partial charge < -0.3 is 24.4 Å². The number of halogens is 1. The minimum absolute atomic E-state index is 0.175. The number of esters is 1. The van der Waals surface area contributed by atoms with Gasteiger partial charge in [-0.3, -0.25) is 14.2 Å². The molecule has 1 aromatic rings. The maximum atomic E-state index is 15.5. The molecule has 0 radical (unpaired) electrons. The van der Waals surface area contributed by atoms with Crippen molar-refractivity contribution in [1.82, 2.24) is 15.3 Å². The minimum atomic E-state index is -4.27. The summed E-state index contributed by atoms with van der Waals surface area (Å²) < 4.78 is 50.9. The Labute approximate surface area is 208 Å². The molecule has 2 aliphatic rings. The molecule has 1 fully saturated rings. The van der Waals surface area contributed by atoms with E-state index in [-0.39, 0.29) is 5.75 Å². The number of allylic oxidation sites excluding steroid dienone is 1. The molecule has 0 aromatic heterocycles. The zero-order valence-corrected chi connectivity index (χ0v) is 21.3. The molecule has 0 unspecified atom stereocenters. The molecule has 2 aliphatic heterocycles. The largest absolute Gasteiger partial charge is 0.462 e. The van der Waals surface area contributed by atoms with Gasteiger partial charge >= 0.3 is 19.7 Å². The van der Waals surface area contributed by atoms with Gasteiger partial charge in [0, 0.05) is 11.9 Å². The fourth-order valence-electron chi connectivity index (χ4n) is 3.52. The highest BCUT2D eigenvalue weighted by Gasteiger charge is 2.57. The number of hydrogen-bond donors (Lipinski definition) is 3. The number of nitrogens with zero attached hydrogens (tertiary/aromatic N) is 1. The van der Waals surface area contributed by atoms with Crippen LogP contribution in [-0.2, 0) is 23.4 Å². The molecule has 0 bridgehead atoms. The molecule has 2 amide bonds. The van der Waals surface area contributed by atoms with Crippen LogP contribution in [-0.4, -0.2) is 64.9 Å². The van der Waals surface area contributed by atoms with Gasteiger partial charge in [-0.15, -0.1) is 0 Å². The van der Waals surface area contributed by atoms with E-state index in [9.17, 15) is 19.3 Å². The number of ether oxygens (including phenoxy) is 2. The average molecular weight is 527 g/mol. The van der Waals surface area contributed by atoms with Gasteiger partial charge in [0.2, 0.25) is 0 Å². The van der Waals surface area contributed by atoms with Gasteiger partial charge in [-0.2, -0.15) is 5.09 Å². The van der Waals surface area contributed by atoms with Gasteiger partial charge in [0.15, 0.2) is 11.9 Å². The average Bonchev–Trinajstić information content (AvgIpc) is 3.01. The SMILES string of the molecule is C=C1C=CN([C@@H]2O[C@H](CO[P@@](=O)(N[C@@H](C)C(=O)OC(C)C)Oc3ccccc3)[C@@H](O)[C@@]2(C)F)C(=O)N1. The predicted octanol–water partition coefficient (Wildman–Crippen LogP) is 2.99. The number of para-hydroxylation sites is 1. The summed E-state index contributed by atoms with van der Waals surface area (Å²) in [6.07, 6.45) is -2.26. The van der Waals surface area contributed by atoms with E-state index in [1.807, 2.05) is 0 Å². The number of aliphatic hydroxyl groups is 1. The highest BCUT2D eigenvalue weighted by Crippen LogP contribution is 2.46. The Morgan fingerprint density at radius 1 is 1.36 bits per heavy atom. The first-order valence-corrected chi connectivity index (χ1v) is 12.8. The highest BCUT2D eigenvalue weighted by molar-refractivity contribution is 7.52. The molecular formula is C23H31FN3O8P. The Morgan fingerprint density at radius 2 is 2.03 bits per heavy atom. The van der Waals surface area contributed by atoms with Crippen molar-refractivity contribution in [2.24, 2.45) is 0 Å². The molecule has 2 heterocycles. The Bertz CT molecular complexity index is 1050. The van der Waals surface area contributed by atoms with E-state index in [2.05, 4.69) is 17.0 Å². The molecule has 1 saturated heterocycles. The minimum Gasteiger partial charge on any atom is -0.462 e. The molecular weight excluding hydrogens is 496 g/mol. The third-order valence-electron chi connectivity index (χ3n) is 5.34. The lowest BCUT2D eigenvalue weighted by Crippen LogP contribution is -2.53. The van der Waals surface area contributed by atoms with Crippen LogP contribution >= 0.6 is 7.75 Å². The quantitative estimate of drug-likeness (QED) is 0.310. The van der Waals surface area contributed by atoms with Crippen LogP contribution in [0.5, 0.6) is 5.75 Å². The van der Waals surface area contributed by atoms with Crippen molar-refractivity contribution < 1.29 is 42.2 Å². The van der Waals surface area contributed by atoms with E-state index in [1.165, 1.54) is 31.3 Å². The van der Waals surface area contributed by atoms with Gasteiger partial charge in [0.25, 0.3) is 0 Å². The molecule has 0 saturated carbocycles. The van der Waals surface area contributed by atoms with Crippen molar-refractivity contribution >= 4 is 19.7 Å². The zero-order valence-electron chi connectivity index (χ0n) is 20.4. The fourth-order valence-corrected chi connectivity index (χ4v) is 5.02. The molecule has 3 rings (SSSR count). The summed E-state index contributed by atoms with van der Waals surface area (Å²) >= 11 is 0. The number of amides is 2. The van der Waals surface area contributed by atoms with Crippen LogP contribution in [0.15, 0.2) is 54.9 Å². The summed E-state index contributed by atoms with van der Waals surface area (Å²) in [4.78, 5) is 25.5. The number of benzene rings is 1. The fraction of sp³-hybridized carbons (Fsp3) is 0.478. The summed E-state index contributed by atoms with van der Waals surface area (Å²) in [5.74, 6) is -0.516. The topological polar surface area (TPSA) is 136 Å². The van der Waals surface area contributed by atoms with Gasteiger partial charge in [-0.1, -0.05) is 24.8 Å². The lowest BCUT2D eigenvalue weighted by atomic mass is 9.98. The van der Waals surface area contributed by atoms with Crippen molar-refractivity contribution in [3.05, 3.63) is 54.9 Å². The van der Waals surface area contributed by atoms with E-state index in [0.717, 1.165) is 11.8 Å². The van der Waals surface area contributed by atoms with Crippen molar-refractivity contribution in [3.63, 3.8) is 0 Å². The number of carbonyl (C=O) groups is 2. The van der Waals surface area contributed by atoms with Crippen molar-refractivity contribution in [3.8, 4) is 5.75 Å². The number of rotatable bonds is 10. The Balaban J connectivity index is 1.76. The van der Waals surface area contributed by atoms with Gasteiger partial charge in [0.1, 0.15) is 24.0 Å². The van der Waals surface area contributed by atoms with Crippen LogP contribution in [0, 0.1) is 0 Å². The number of carbonyl (C=O) groups excluding carboxylic acids is 2. The summed E-state index contributed by atoms with van der Waals surface area (Å²) in [5.41, 5.74) is -2.09. The Morgan fingerprint density at radius 3 is 2.64 bits per heavy atom. The van der Waals surface area contributed by atoms with E-state index in [0.29, 0.717) is 5.70 Å². The van der Waals surface area contributed by atoms with Gasteiger partial charge in [-0.05, 0) is 45.9 Å². The number of hydrogen-bond acceptors (Lipinski definition) is 8. The summed E-state index contributed by atoms with van der Waals surface area (Å²) in [6, 6.07) is 6.28. The van der Waals surface area contributed by atoms with Gasteiger partial charge in [-0.25, -0.2) is 13.8 Å². The molecule has 3 N–H and O–H groups in total. The summed E-state index contributed by atoms with van der Waals surface area (Å²) in [6.45, 7) is 8.83. The second kappa shape index (κ2) is 11.1. The molecule has 0 aliphatic carbocycles. The van der Waals surface area contributed by atoms with E-state index < -0.39 is 62.6 Å². The first kappa shape index (κ1) is 27.8. The molecule has 36 heavy (non-hydrogen) atoms. The summed E-state index contributed by atoms with van der Waals surface area (Å²) in [5, 5.41) is 15.5. The Hall–Kier alpha value is -2.76. The monoisotopic (exact) mass is 527 g/mol. The maximum absolute atomic E-state index is 15.5. The van der Waals surface area contributed by atoms with Gasteiger partial charge in [0.05, 0.1) is 12.7 Å². The second-order valence-electron chi connectivity index (χ2n) is 8.84. The van der Waals surface area contributed by atoms with E-state index in [4.69, 9.17) is 18.5 Å². The standard InChI is InChI=1S/C23H31FN3O8P/c1-14(2)33-20(29)16(4)26-36(31,35-17-9-7-6-8-10-17)32-13-18-19(28)23(5,24)21(34-18)27-12-11-15(3)25-22(27)30/h6-12,14,16,18-19,21,28H,3,13H2,1-2,4-5H3,(H,25,30)(H,26,31)/t16-,18+,19+,21+,23+,36-/m0/s1. The zero-order chi connectivity index (χ0) is 26.7. The number of urea groups is 1. The van der Waals surface area contributed by atoms with Crippen molar-refractivity contribution in [1.29, 1.82) is 0 Å². The van der Waals surface area contributed by atoms with Crippen LogP contribution < -0.4 is 14.9 Å². The second-order valence-corrected chi connectivity index (χ2v) is 10.5. The van der Waals surface area contributed by atoms with Crippen LogP contribution in [0.1, 0.15) is 27.7 Å². The first-order valence-electron chi connectivity index (χ1n) is 11.3. The predicted molar refractivity (Wildman–Crippen MR) is 127 cm³/mol. The molecule has 0 spiro atoms. The molecule has 11 nitrogen and oxygen atoms in total. The number of alkyl halides is 1. The smallest absolute Gasteiger partial charge is 0.459 e. The van der Waals surface area contributed by atoms with Crippen LogP contribution in [0.25, 0.3) is 0 Å². The maximum Gasteiger partial charge on any atom is 0.459 e. The molecule has 6 atom stereocenters.